The molecule has 116 valence electrons. The summed E-state index contributed by atoms with van der Waals surface area (Å²) in [6.45, 7) is 0. The maximum Gasteiger partial charge on any atom is 0.262 e. The summed E-state index contributed by atoms with van der Waals surface area (Å²) in [5, 5.41) is 6.94. The number of amides is 2. The number of nitrogens with one attached hydrogen (secondary N) is 2. The van der Waals surface area contributed by atoms with Gasteiger partial charge in [0.05, 0.1) is 5.71 Å². The van der Waals surface area contributed by atoms with Gasteiger partial charge in [-0.1, -0.05) is 60.7 Å². The third-order valence-electron chi connectivity index (χ3n) is 3.68. The third-order valence-corrected chi connectivity index (χ3v) is 3.68. The first-order chi connectivity index (χ1) is 11.2. The predicted molar refractivity (Wildman–Crippen MR) is 87.8 cm³/mol. The first kappa shape index (κ1) is 15.0. The van der Waals surface area contributed by atoms with Crippen molar-refractivity contribution in [2.75, 3.05) is 0 Å². The lowest BCUT2D eigenvalue weighted by Crippen LogP contribution is -2.40. The van der Waals surface area contributed by atoms with Crippen LogP contribution in [0.1, 0.15) is 24.0 Å². The molecule has 23 heavy (non-hydrogen) atoms. The molecule has 0 aliphatic carbocycles. The molecule has 3 rings (SSSR count). The first-order valence-electron chi connectivity index (χ1n) is 7.52. The van der Waals surface area contributed by atoms with Crippen molar-refractivity contribution in [3.05, 3.63) is 71.8 Å². The van der Waals surface area contributed by atoms with Crippen LogP contribution < -0.4 is 10.7 Å². The van der Waals surface area contributed by atoms with Crippen molar-refractivity contribution in [3.63, 3.8) is 0 Å². The normalized spacial score (nSPS) is 16.5. The number of rotatable bonds is 4. The molecular formula is C18H17N3O2. The van der Waals surface area contributed by atoms with E-state index in [0.717, 1.165) is 11.1 Å². The summed E-state index contributed by atoms with van der Waals surface area (Å²) >= 11 is 0. The minimum Gasteiger partial charge on any atom is -0.344 e. The molecule has 2 aromatic rings. The monoisotopic (exact) mass is 307 g/mol. The Morgan fingerprint density at radius 1 is 1.00 bits per heavy atom. The second-order valence-corrected chi connectivity index (χ2v) is 5.33. The van der Waals surface area contributed by atoms with Crippen LogP contribution in [0.15, 0.2) is 65.8 Å². The van der Waals surface area contributed by atoms with Crippen LogP contribution in [0.5, 0.6) is 0 Å². The average molecular weight is 307 g/mol. The Hall–Kier alpha value is -2.95. The smallest absolute Gasteiger partial charge is 0.262 e. The minimum atomic E-state index is -0.501. The Kier molecular flexibility index (Phi) is 4.47. The van der Waals surface area contributed by atoms with Crippen LogP contribution in [-0.4, -0.2) is 23.6 Å². The first-order valence-corrected chi connectivity index (χ1v) is 7.52. The van der Waals surface area contributed by atoms with Crippen LogP contribution in [0.3, 0.4) is 0 Å². The van der Waals surface area contributed by atoms with E-state index in [1.54, 1.807) is 0 Å². The van der Waals surface area contributed by atoms with Crippen LogP contribution in [0.25, 0.3) is 0 Å². The van der Waals surface area contributed by atoms with Crippen molar-refractivity contribution in [3.8, 4) is 0 Å². The second kappa shape index (κ2) is 6.87. The van der Waals surface area contributed by atoms with Crippen LogP contribution >= 0.6 is 0 Å². The highest BCUT2D eigenvalue weighted by atomic mass is 16.2. The molecule has 0 saturated carbocycles. The van der Waals surface area contributed by atoms with E-state index in [-0.39, 0.29) is 11.8 Å². The fourth-order valence-corrected chi connectivity index (χ4v) is 2.49. The van der Waals surface area contributed by atoms with Crippen molar-refractivity contribution in [1.82, 2.24) is 10.7 Å². The van der Waals surface area contributed by atoms with Crippen LogP contribution in [0.4, 0.5) is 0 Å². The number of hydrogen-bond donors (Lipinski definition) is 2. The van der Waals surface area contributed by atoms with Gasteiger partial charge in [-0.25, -0.2) is 5.43 Å². The summed E-state index contributed by atoms with van der Waals surface area (Å²) in [6.07, 6.45) is 0.887. The lowest BCUT2D eigenvalue weighted by atomic mass is 10.0. The topological polar surface area (TPSA) is 70.6 Å². The highest BCUT2D eigenvalue weighted by molar-refractivity contribution is 6.13. The van der Waals surface area contributed by atoms with Crippen molar-refractivity contribution >= 4 is 17.5 Å². The standard InChI is InChI=1S/C18H17N3O2/c22-16-12-11-15(19-16)18(23)21-20-17(13-7-3-1-4-8-13)14-9-5-2-6-10-14/h1-10,15H,11-12H2,(H,19,22)(H,21,23)/t15-/m1/s1. The van der Waals surface area contributed by atoms with Gasteiger partial charge in [0, 0.05) is 17.5 Å². The van der Waals surface area contributed by atoms with E-state index in [4.69, 9.17) is 0 Å². The molecule has 2 aromatic carbocycles. The van der Waals surface area contributed by atoms with Gasteiger partial charge in [0.1, 0.15) is 6.04 Å². The van der Waals surface area contributed by atoms with Gasteiger partial charge in [0.2, 0.25) is 5.91 Å². The summed E-state index contributed by atoms with van der Waals surface area (Å²) < 4.78 is 0. The van der Waals surface area contributed by atoms with E-state index in [1.807, 2.05) is 60.7 Å². The van der Waals surface area contributed by atoms with Crippen molar-refractivity contribution in [2.45, 2.75) is 18.9 Å². The van der Waals surface area contributed by atoms with E-state index in [9.17, 15) is 9.59 Å². The maximum absolute atomic E-state index is 12.1. The molecule has 1 heterocycles. The summed E-state index contributed by atoms with van der Waals surface area (Å²) in [7, 11) is 0. The largest absolute Gasteiger partial charge is 0.344 e. The Bertz CT molecular complexity index is 685. The Morgan fingerprint density at radius 2 is 1.57 bits per heavy atom. The van der Waals surface area contributed by atoms with Gasteiger partial charge in [-0.3, -0.25) is 9.59 Å². The summed E-state index contributed by atoms with van der Waals surface area (Å²) in [5.74, 6) is -0.388. The zero-order valence-electron chi connectivity index (χ0n) is 12.5. The number of benzene rings is 2. The molecule has 2 amide bonds. The van der Waals surface area contributed by atoms with Gasteiger partial charge in [-0.05, 0) is 6.42 Å². The van der Waals surface area contributed by atoms with Crippen molar-refractivity contribution < 1.29 is 9.59 Å². The van der Waals surface area contributed by atoms with Crippen LogP contribution in [0.2, 0.25) is 0 Å². The highest BCUT2D eigenvalue weighted by Crippen LogP contribution is 2.11. The minimum absolute atomic E-state index is 0.0968. The van der Waals surface area contributed by atoms with Gasteiger partial charge in [-0.15, -0.1) is 0 Å². The van der Waals surface area contributed by atoms with Gasteiger partial charge in [0.15, 0.2) is 0 Å². The second-order valence-electron chi connectivity index (χ2n) is 5.33. The molecule has 5 nitrogen and oxygen atoms in total. The number of hydrazone groups is 1. The van der Waals surface area contributed by atoms with E-state index in [2.05, 4.69) is 15.8 Å². The van der Waals surface area contributed by atoms with E-state index < -0.39 is 6.04 Å². The number of hydrogen-bond acceptors (Lipinski definition) is 3. The quantitative estimate of drug-likeness (QED) is 0.668. The molecule has 0 aromatic heterocycles. The number of carbonyl (C=O) groups is 2. The fraction of sp³-hybridized carbons (Fsp3) is 0.167. The molecule has 0 bridgehead atoms. The molecule has 0 unspecified atom stereocenters. The summed E-state index contributed by atoms with van der Waals surface area (Å²) in [6, 6.07) is 18.8. The van der Waals surface area contributed by atoms with Gasteiger partial charge in [0.25, 0.3) is 5.91 Å². The third kappa shape index (κ3) is 3.63. The molecular weight excluding hydrogens is 290 g/mol. The maximum atomic E-state index is 12.1. The lowest BCUT2D eigenvalue weighted by Gasteiger charge is -2.10. The zero-order chi connectivity index (χ0) is 16.1. The zero-order valence-corrected chi connectivity index (χ0v) is 12.5. The van der Waals surface area contributed by atoms with E-state index in [1.165, 1.54) is 0 Å². The molecule has 0 spiro atoms. The molecule has 1 saturated heterocycles. The molecule has 1 aliphatic rings. The van der Waals surface area contributed by atoms with E-state index in [0.29, 0.717) is 18.6 Å². The van der Waals surface area contributed by atoms with Gasteiger partial charge in [-0.2, -0.15) is 5.10 Å². The molecule has 5 heteroatoms. The van der Waals surface area contributed by atoms with Crippen LogP contribution in [-0.2, 0) is 9.59 Å². The Labute approximate surface area is 134 Å². The summed E-state index contributed by atoms with van der Waals surface area (Å²) in [5.41, 5.74) is 5.08. The SMILES string of the molecule is O=C1CC[C@H](C(=O)NN=C(c2ccccc2)c2ccccc2)N1. The number of nitrogens with zero attached hydrogens (tertiary/aromatic N) is 1. The van der Waals surface area contributed by atoms with E-state index >= 15 is 0 Å². The average Bonchev–Trinajstić information content (AvgIpc) is 3.03. The van der Waals surface area contributed by atoms with Crippen molar-refractivity contribution in [1.29, 1.82) is 0 Å². The molecule has 0 radical (unpaired) electrons. The lowest BCUT2D eigenvalue weighted by molar-refractivity contribution is -0.125. The van der Waals surface area contributed by atoms with Gasteiger partial charge < -0.3 is 5.32 Å². The predicted octanol–water partition coefficient (Wildman–Crippen LogP) is 1.83. The molecule has 1 atom stereocenters. The number of carbonyl (C=O) groups excluding carboxylic acids is 2. The summed E-state index contributed by atoms with van der Waals surface area (Å²) in [4.78, 5) is 23.3. The molecule has 1 aliphatic heterocycles. The molecule has 2 N–H and O–H groups in total. The molecule has 1 fully saturated rings. The van der Waals surface area contributed by atoms with Crippen LogP contribution in [0, 0.1) is 0 Å². The van der Waals surface area contributed by atoms with Gasteiger partial charge >= 0.3 is 0 Å². The van der Waals surface area contributed by atoms with Crippen molar-refractivity contribution in [2.24, 2.45) is 5.10 Å². The Balaban J connectivity index is 1.84. The fourth-order valence-electron chi connectivity index (χ4n) is 2.49. The highest BCUT2D eigenvalue weighted by Gasteiger charge is 2.27. The Morgan fingerprint density at radius 3 is 2.04 bits per heavy atom.